The van der Waals surface area contributed by atoms with Crippen molar-refractivity contribution in [3.63, 3.8) is 0 Å². The average Bonchev–Trinajstić information content (AvgIpc) is 2.35. The van der Waals surface area contributed by atoms with Gasteiger partial charge in [-0.2, -0.15) is 0 Å². The van der Waals surface area contributed by atoms with Gasteiger partial charge in [-0.05, 0) is 20.3 Å². The van der Waals surface area contributed by atoms with Crippen molar-refractivity contribution in [1.82, 2.24) is 10.2 Å². The van der Waals surface area contributed by atoms with Gasteiger partial charge in [0.05, 0.1) is 19.8 Å². The molecule has 1 heterocycles. The number of hydrogen-bond donors (Lipinski definition) is 2. The summed E-state index contributed by atoms with van der Waals surface area (Å²) in [6, 6.07) is 0. The molecule has 0 aromatic carbocycles. The Morgan fingerprint density at radius 2 is 2.06 bits per heavy atom. The van der Waals surface area contributed by atoms with Crippen LogP contribution in [0.5, 0.6) is 0 Å². The summed E-state index contributed by atoms with van der Waals surface area (Å²) in [6.45, 7) is 11.7. The Morgan fingerprint density at radius 3 is 2.65 bits per heavy atom. The van der Waals surface area contributed by atoms with Crippen LogP contribution in [0.25, 0.3) is 0 Å². The lowest BCUT2D eigenvalue weighted by Crippen LogP contribution is -2.52. The van der Waals surface area contributed by atoms with Crippen LogP contribution in [0, 0.1) is 0 Å². The number of hydrogen-bond acceptors (Lipinski definition) is 3. The van der Waals surface area contributed by atoms with E-state index in [1.807, 2.05) is 0 Å². The zero-order chi connectivity index (χ0) is 12.7. The van der Waals surface area contributed by atoms with E-state index in [1.165, 1.54) is 0 Å². The zero-order valence-electron chi connectivity index (χ0n) is 11.3. The highest BCUT2D eigenvalue weighted by atomic mass is 16.5. The molecule has 0 unspecified atom stereocenters. The van der Waals surface area contributed by atoms with Gasteiger partial charge in [0.25, 0.3) is 0 Å². The van der Waals surface area contributed by atoms with Crippen LogP contribution in [-0.4, -0.2) is 55.8 Å². The Labute approximate surface area is 104 Å². The Kier molecular flexibility index (Phi) is 5.71. The molecule has 5 nitrogen and oxygen atoms in total. The van der Waals surface area contributed by atoms with Gasteiger partial charge in [-0.1, -0.05) is 6.92 Å². The second kappa shape index (κ2) is 6.81. The quantitative estimate of drug-likeness (QED) is 0.541. The van der Waals surface area contributed by atoms with Crippen LogP contribution in [0.3, 0.4) is 0 Å². The van der Waals surface area contributed by atoms with E-state index in [0.29, 0.717) is 5.96 Å². The zero-order valence-corrected chi connectivity index (χ0v) is 11.3. The predicted molar refractivity (Wildman–Crippen MR) is 71.3 cm³/mol. The highest BCUT2D eigenvalue weighted by molar-refractivity contribution is 5.77. The van der Waals surface area contributed by atoms with Gasteiger partial charge in [-0.25, -0.2) is 0 Å². The van der Waals surface area contributed by atoms with Crippen molar-refractivity contribution in [1.29, 1.82) is 0 Å². The maximum atomic E-state index is 5.79. The van der Waals surface area contributed by atoms with Crippen LogP contribution in [0.15, 0.2) is 4.99 Å². The molecule has 0 radical (unpaired) electrons. The molecule has 0 aromatic heterocycles. The maximum Gasteiger partial charge on any atom is 0.188 e. The second-order valence-electron chi connectivity index (χ2n) is 5.04. The van der Waals surface area contributed by atoms with Crippen LogP contribution in [0.2, 0.25) is 0 Å². The lowest BCUT2D eigenvalue weighted by molar-refractivity contribution is -0.00682. The van der Waals surface area contributed by atoms with Gasteiger partial charge in [-0.3, -0.25) is 9.89 Å². The molecule has 17 heavy (non-hydrogen) atoms. The number of guanidine groups is 1. The number of morpholine rings is 1. The summed E-state index contributed by atoms with van der Waals surface area (Å²) < 4.78 is 5.36. The SMILES string of the molecule is CCCNC(N)=NCC(C)(C)N1CCOCC1. The molecule has 1 fully saturated rings. The van der Waals surface area contributed by atoms with E-state index in [4.69, 9.17) is 10.5 Å². The largest absolute Gasteiger partial charge is 0.379 e. The molecule has 0 bridgehead atoms. The molecule has 0 spiro atoms. The smallest absolute Gasteiger partial charge is 0.188 e. The minimum absolute atomic E-state index is 0.0439. The number of nitrogens with two attached hydrogens (primary N) is 1. The fraction of sp³-hybridized carbons (Fsp3) is 0.917. The van der Waals surface area contributed by atoms with Gasteiger partial charge in [-0.15, -0.1) is 0 Å². The monoisotopic (exact) mass is 242 g/mol. The van der Waals surface area contributed by atoms with Crippen LogP contribution in [-0.2, 0) is 4.74 Å². The summed E-state index contributed by atoms with van der Waals surface area (Å²) in [5, 5.41) is 3.09. The summed E-state index contributed by atoms with van der Waals surface area (Å²) in [5.41, 5.74) is 5.84. The lowest BCUT2D eigenvalue weighted by atomic mass is 10.0. The van der Waals surface area contributed by atoms with Crippen LogP contribution in [0.1, 0.15) is 27.2 Å². The first-order valence-corrected chi connectivity index (χ1v) is 6.43. The Hall–Kier alpha value is -0.810. The number of rotatable bonds is 5. The predicted octanol–water partition coefficient (Wildman–Crippen LogP) is 0.412. The Bertz CT molecular complexity index is 247. The van der Waals surface area contributed by atoms with E-state index < -0.39 is 0 Å². The van der Waals surface area contributed by atoms with Gasteiger partial charge >= 0.3 is 0 Å². The summed E-state index contributed by atoms with van der Waals surface area (Å²) in [4.78, 5) is 6.82. The first-order valence-electron chi connectivity index (χ1n) is 6.43. The molecular weight excluding hydrogens is 216 g/mol. The van der Waals surface area contributed by atoms with Crippen molar-refractivity contribution in [2.45, 2.75) is 32.7 Å². The average molecular weight is 242 g/mol. The van der Waals surface area contributed by atoms with Crippen molar-refractivity contribution in [2.24, 2.45) is 10.7 Å². The van der Waals surface area contributed by atoms with Gasteiger partial charge in [0.1, 0.15) is 0 Å². The van der Waals surface area contributed by atoms with Crippen molar-refractivity contribution in [2.75, 3.05) is 39.4 Å². The van der Waals surface area contributed by atoms with Crippen LogP contribution >= 0.6 is 0 Å². The van der Waals surface area contributed by atoms with E-state index in [2.05, 4.69) is 36.0 Å². The first-order chi connectivity index (χ1) is 8.06. The summed E-state index contributed by atoms with van der Waals surface area (Å²) in [6.07, 6.45) is 1.06. The molecule has 0 aromatic rings. The topological polar surface area (TPSA) is 62.9 Å². The molecule has 1 rings (SSSR count). The molecular formula is C12H26N4O. The fourth-order valence-electron chi connectivity index (χ4n) is 1.86. The third-order valence-corrected chi connectivity index (χ3v) is 3.06. The van der Waals surface area contributed by atoms with E-state index >= 15 is 0 Å². The standard InChI is InChI=1S/C12H26N4O/c1-4-5-14-11(13)15-10-12(2,3)16-6-8-17-9-7-16/h4-10H2,1-3H3,(H3,13,14,15). The molecule has 0 amide bonds. The molecule has 5 heteroatoms. The van der Waals surface area contributed by atoms with Gasteiger partial charge in [0.2, 0.25) is 0 Å². The van der Waals surface area contributed by atoms with E-state index in [9.17, 15) is 0 Å². The van der Waals surface area contributed by atoms with Gasteiger partial charge in [0.15, 0.2) is 5.96 Å². The molecule has 1 aliphatic rings. The van der Waals surface area contributed by atoms with Crippen molar-refractivity contribution < 1.29 is 4.74 Å². The fourth-order valence-corrected chi connectivity index (χ4v) is 1.86. The summed E-state index contributed by atoms with van der Waals surface area (Å²) >= 11 is 0. The van der Waals surface area contributed by atoms with E-state index in [0.717, 1.165) is 45.8 Å². The molecule has 3 N–H and O–H groups in total. The van der Waals surface area contributed by atoms with Gasteiger partial charge in [0, 0.05) is 25.2 Å². The highest BCUT2D eigenvalue weighted by Crippen LogP contribution is 2.16. The lowest BCUT2D eigenvalue weighted by Gasteiger charge is -2.39. The van der Waals surface area contributed by atoms with Crippen molar-refractivity contribution >= 4 is 5.96 Å². The summed E-state index contributed by atoms with van der Waals surface area (Å²) in [7, 11) is 0. The van der Waals surface area contributed by atoms with E-state index in [1.54, 1.807) is 0 Å². The Morgan fingerprint density at radius 1 is 1.41 bits per heavy atom. The van der Waals surface area contributed by atoms with Crippen molar-refractivity contribution in [3.05, 3.63) is 0 Å². The van der Waals surface area contributed by atoms with Crippen LogP contribution < -0.4 is 11.1 Å². The molecule has 100 valence electrons. The molecule has 0 saturated carbocycles. The van der Waals surface area contributed by atoms with E-state index in [-0.39, 0.29) is 5.54 Å². The van der Waals surface area contributed by atoms with Crippen molar-refractivity contribution in [3.8, 4) is 0 Å². The number of ether oxygens (including phenoxy) is 1. The third kappa shape index (κ3) is 4.91. The molecule has 0 atom stereocenters. The number of nitrogens with zero attached hydrogens (tertiary/aromatic N) is 2. The second-order valence-corrected chi connectivity index (χ2v) is 5.04. The minimum Gasteiger partial charge on any atom is -0.379 e. The Balaban J connectivity index is 2.41. The number of aliphatic imine (C=N–C) groups is 1. The molecule has 1 saturated heterocycles. The van der Waals surface area contributed by atoms with Gasteiger partial charge < -0.3 is 15.8 Å². The minimum atomic E-state index is 0.0439. The normalized spacial score (nSPS) is 19.4. The first kappa shape index (κ1) is 14.3. The third-order valence-electron chi connectivity index (χ3n) is 3.06. The maximum absolute atomic E-state index is 5.79. The molecule has 1 aliphatic heterocycles. The number of nitrogens with one attached hydrogen (secondary N) is 1. The van der Waals surface area contributed by atoms with Crippen LogP contribution in [0.4, 0.5) is 0 Å². The highest BCUT2D eigenvalue weighted by Gasteiger charge is 2.27. The summed E-state index contributed by atoms with van der Waals surface area (Å²) in [5.74, 6) is 0.549. The molecule has 0 aliphatic carbocycles.